The molecule has 0 saturated heterocycles. The molecule has 0 unspecified atom stereocenters. The minimum absolute atomic E-state index is 0.0268. The second kappa shape index (κ2) is 8.93. The Morgan fingerprint density at radius 1 is 1.16 bits per heavy atom. The van der Waals surface area contributed by atoms with E-state index >= 15 is 0 Å². The number of methoxy groups -OCH3 is 2. The second-order valence-corrected chi connectivity index (χ2v) is 6.04. The Balaban J connectivity index is 1.87. The maximum atomic E-state index is 12.0. The molecule has 0 aliphatic carbocycles. The number of carbonyl (C=O) groups excluding carboxylic acids is 1. The number of nitro groups is 1. The summed E-state index contributed by atoms with van der Waals surface area (Å²) in [5, 5.41) is 13.4. The van der Waals surface area contributed by atoms with Crippen LogP contribution in [0, 0.1) is 10.1 Å². The number of non-ortho nitro benzene ring substituents is 1. The fraction of sp³-hybridized carbons (Fsp3) is 0.235. The van der Waals surface area contributed by atoms with E-state index in [0.29, 0.717) is 18.0 Å². The second-order valence-electron chi connectivity index (χ2n) is 4.99. The van der Waals surface area contributed by atoms with Gasteiger partial charge >= 0.3 is 0 Å². The summed E-state index contributed by atoms with van der Waals surface area (Å²) in [7, 11) is 3.14. The number of amides is 1. The van der Waals surface area contributed by atoms with Crippen molar-refractivity contribution in [3.63, 3.8) is 0 Å². The fourth-order valence-electron chi connectivity index (χ4n) is 2.08. The van der Waals surface area contributed by atoms with E-state index in [1.807, 2.05) is 6.07 Å². The normalized spacial score (nSPS) is 10.2. The highest BCUT2D eigenvalue weighted by Crippen LogP contribution is 2.24. The molecule has 8 heteroatoms. The molecule has 1 amide bonds. The summed E-state index contributed by atoms with van der Waals surface area (Å²) in [5.74, 6) is 1.42. The standard InChI is InChI=1S/C17H18N2O5S/c1-23-14-5-8-16(24-2)12(9-14)10-18-17(20)11-25-15-6-3-13(4-7-15)19(21)22/h3-9H,10-11H2,1-2H3,(H,18,20). The van der Waals surface area contributed by atoms with Crippen molar-refractivity contribution in [2.45, 2.75) is 11.4 Å². The third kappa shape index (κ3) is 5.39. The van der Waals surface area contributed by atoms with Gasteiger partial charge < -0.3 is 14.8 Å². The number of nitrogens with zero attached hydrogens (tertiary/aromatic N) is 1. The van der Waals surface area contributed by atoms with Gasteiger partial charge in [-0.15, -0.1) is 11.8 Å². The average Bonchev–Trinajstić information content (AvgIpc) is 2.64. The van der Waals surface area contributed by atoms with Gasteiger partial charge in [0.2, 0.25) is 5.91 Å². The van der Waals surface area contributed by atoms with Crippen LogP contribution in [0.4, 0.5) is 5.69 Å². The van der Waals surface area contributed by atoms with Crippen molar-refractivity contribution < 1.29 is 19.2 Å². The number of benzene rings is 2. The molecule has 0 radical (unpaired) electrons. The van der Waals surface area contributed by atoms with Crippen LogP contribution in [0.25, 0.3) is 0 Å². The van der Waals surface area contributed by atoms with Crippen molar-refractivity contribution >= 4 is 23.4 Å². The van der Waals surface area contributed by atoms with Gasteiger partial charge in [0, 0.05) is 29.1 Å². The van der Waals surface area contributed by atoms with Crippen molar-refractivity contribution in [2.75, 3.05) is 20.0 Å². The van der Waals surface area contributed by atoms with E-state index in [2.05, 4.69) is 5.32 Å². The van der Waals surface area contributed by atoms with Gasteiger partial charge in [-0.3, -0.25) is 14.9 Å². The first kappa shape index (κ1) is 18.6. The molecule has 25 heavy (non-hydrogen) atoms. The Morgan fingerprint density at radius 3 is 2.48 bits per heavy atom. The van der Waals surface area contributed by atoms with E-state index in [4.69, 9.17) is 9.47 Å². The number of ether oxygens (including phenoxy) is 2. The Morgan fingerprint density at radius 2 is 1.88 bits per heavy atom. The zero-order valence-electron chi connectivity index (χ0n) is 13.9. The molecule has 2 aromatic rings. The predicted octanol–water partition coefficient (Wildman–Crippen LogP) is 3.02. The lowest BCUT2D eigenvalue weighted by atomic mass is 10.2. The molecule has 0 aliphatic heterocycles. The van der Waals surface area contributed by atoms with Gasteiger partial charge in [-0.05, 0) is 30.3 Å². The molecule has 2 aromatic carbocycles. The smallest absolute Gasteiger partial charge is 0.269 e. The molecular weight excluding hydrogens is 344 g/mol. The largest absolute Gasteiger partial charge is 0.497 e. The lowest BCUT2D eigenvalue weighted by molar-refractivity contribution is -0.384. The Kier molecular flexibility index (Phi) is 6.64. The van der Waals surface area contributed by atoms with Crippen molar-refractivity contribution in [1.29, 1.82) is 0 Å². The molecule has 0 aliphatic rings. The molecule has 0 saturated carbocycles. The van der Waals surface area contributed by atoms with Crippen LogP contribution in [0.5, 0.6) is 11.5 Å². The Bertz CT molecular complexity index is 749. The summed E-state index contributed by atoms with van der Waals surface area (Å²) in [6.45, 7) is 0.319. The fourth-order valence-corrected chi connectivity index (χ4v) is 2.81. The first-order valence-electron chi connectivity index (χ1n) is 7.38. The van der Waals surface area contributed by atoms with E-state index in [0.717, 1.165) is 10.5 Å². The maximum absolute atomic E-state index is 12.0. The molecule has 0 heterocycles. The highest BCUT2D eigenvalue weighted by atomic mass is 32.2. The summed E-state index contributed by atoms with van der Waals surface area (Å²) >= 11 is 1.31. The van der Waals surface area contributed by atoms with Crippen molar-refractivity contribution in [2.24, 2.45) is 0 Å². The van der Waals surface area contributed by atoms with Crippen molar-refractivity contribution in [3.8, 4) is 11.5 Å². The first-order chi connectivity index (χ1) is 12.0. The molecule has 132 valence electrons. The molecular formula is C17H18N2O5S. The third-order valence-electron chi connectivity index (χ3n) is 3.38. The number of hydrogen-bond acceptors (Lipinski definition) is 6. The number of carbonyl (C=O) groups is 1. The Hall–Kier alpha value is -2.74. The SMILES string of the molecule is COc1ccc(OC)c(CNC(=O)CSc2ccc([N+](=O)[O-])cc2)c1. The van der Waals surface area contributed by atoms with Crippen LogP contribution < -0.4 is 14.8 Å². The van der Waals surface area contributed by atoms with Crippen LogP contribution in [0.2, 0.25) is 0 Å². The number of nitro benzene ring substituents is 1. The molecule has 7 nitrogen and oxygen atoms in total. The van der Waals surface area contributed by atoms with Gasteiger partial charge in [0.1, 0.15) is 11.5 Å². The highest BCUT2D eigenvalue weighted by molar-refractivity contribution is 8.00. The van der Waals surface area contributed by atoms with Gasteiger partial charge in [-0.25, -0.2) is 0 Å². The highest BCUT2D eigenvalue weighted by Gasteiger charge is 2.09. The molecule has 0 aromatic heterocycles. The number of thioether (sulfide) groups is 1. The number of rotatable bonds is 8. The molecule has 0 bridgehead atoms. The summed E-state index contributed by atoms with van der Waals surface area (Å²) in [5.41, 5.74) is 0.842. The van der Waals surface area contributed by atoms with E-state index in [9.17, 15) is 14.9 Å². The number of hydrogen-bond donors (Lipinski definition) is 1. The minimum Gasteiger partial charge on any atom is -0.497 e. The van der Waals surface area contributed by atoms with Gasteiger partial charge in [0.15, 0.2) is 0 Å². The summed E-state index contributed by atoms with van der Waals surface area (Å²) in [6.07, 6.45) is 0. The Labute approximate surface area is 149 Å². The zero-order valence-corrected chi connectivity index (χ0v) is 14.7. The van der Waals surface area contributed by atoms with Crippen LogP contribution in [0.15, 0.2) is 47.4 Å². The topological polar surface area (TPSA) is 90.7 Å². The third-order valence-corrected chi connectivity index (χ3v) is 4.39. The predicted molar refractivity (Wildman–Crippen MR) is 95.2 cm³/mol. The van der Waals surface area contributed by atoms with Gasteiger partial charge in [0.05, 0.1) is 24.9 Å². The zero-order chi connectivity index (χ0) is 18.2. The minimum atomic E-state index is -0.456. The monoisotopic (exact) mass is 362 g/mol. The molecule has 0 spiro atoms. The molecule has 1 N–H and O–H groups in total. The summed E-state index contributed by atoms with van der Waals surface area (Å²) in [6, 6.07) is 11.5. The van der Waals surface area contributed by atoms with Crippen LogP contribution in [0.1, 0.15) is 5.56 Å². The van der Waals surface area contributed by atoms with Gasteiger partial charge in [0.25, 0.3) is 5.69 Å². The maximum Gasteiger partial charge on any atom is 0.269 e. The van der Waals surface area contributed by atoms with Gasteiger partial charge in [-0.2, -0.15) is 0 Å². The van der Waals surface area contributed by atoms with E-state index in [1.54, 1.807) is 38.5 Å². The lowest BCUT2D eigenvalue weighted by Gasteiger charge is -2.11. The van der Waals surface area contributed by atoms with Crippen LogP contribution >= 0.6 is 11.8 Å². The quantitative estimate of drug-likeness (QED) is 0.441. The van der Waals surface area contributed by atoms with Crippen molar-refractivity contribution in [1.82, 2.24) is 5.32 Å². The number of nitrogens with one attached hydrogen (secondary N) is 1. The summed E-state index contributed by atoms with van der Waals surface area (Å²) in [4.78, 5) is 23.0. The van der Waals surface area contributed by atoms with Crippen molar-refractivity contribution in [3.05, 3.63) is 58.1 Å². The van der Waals surface area contributed by atoms with Crippen LogP contribution in [0.3, 0.4) is 0 Å². The molecule has 2 rings (SSSR count). The lowest BCUT2D eigenvalue weighted by Crippen LogP contribution is -2.24. The van der Waals surface area contributed by atoms with E-state index < -0.39 is 4.92 Å². The van der Waals surface area contributed by atoms with Gasteiger partial charge in [-0.1, -0.05) is 0 Å². The van der Waals surface area contributed by atoms with E-state index in [1.165, 1.54) is 23.9 Å². The molecule has 0 atom stereocenters. The summed E-state index contributed by atoms with van der Waals surface area (Å²) < 4.78 is 10.4. The molecule has 0 fully saturated rings. The van der Waals surface area contributed by atoms with Crippen LogP contribution in [-0.4, -0.2) is 30.8 Å². The van der Waals surface area contributed by atoms with Crippen LogP contribution in [-0.2, 0) is 11.3 Å². The average molecular weight is 362 g/mol. The first-order valence-corrected chi connectivity index (χ1v) is 8.37. The van der Waals surface area contributed by atoms with E-state index in [-0.39, 0.29) is 17.3 Å².